The van der Waals surface area contributed by atoms with Crippen molar-refractivity contribution in [2.75, 3.05) is 44.5 Å². The van der Waals surface area contributed by atoms with Crippen LogP contribution in [0.2, 0.25) is 5.02 Å². The lowest BCUT2D eigenvalue weighted by Crippen LogP contribution is -2.20. The van der Waals surface area contributed by atoms with E-state index in [4.69, 9.17) is 37.3 Å². The van der Waals surface area contributed by atoms with Crippen molar-refractivity contribution >= 4 is 40.7 Å². The number of carbonyl (C=O) groups excluding carboxylic acids is 1. The number of nitrogens with one attached hydrogen (secondary N) is 3. The Balaban J connectivity index is 1.81. The predicted octanol–water partition coefficient (Wildman–Crippen LogP) is 3.89. The topological polar surface area (TPSA) is 150 Å². The lowest BCUT2D eigenvalue weighted by Gasteiger charge is -2.18. The van der Waals surface area contributed by atoms with Crippen LogP contribution in [0, 0.1) is 5.41 Å². The molecule has 0 aromatic heterocycles. The van der Waals surface area contributed by atoms with Gasteiger partial charge in [-0.1, -0.05) is 23.7 Å². The number of nitrogens with two attached hydrogens (primary N) is 1. The predicted molar refractivity (Wildman–Crippen MR) is 148 cm³/mol. The molecule has 0 aliphatic heterocycles. The van der Waals surface area contributed by atoms with Gasteiger partial charge in [0, 0.05) is 40.6 Å². The molecule has 10 nitrogen and oxygen atoms in total. The molecule has 200 valence electrons. The second kappa shape index (κ2) is 13.3. The maximum absolute atomic E-state index is 13.1. The fraction of sp³-hybridized carbons (Fsp3) is 0.222. The third-order valence-corrected chi connectivity index (χ3v) is 5.58. The summed E-state index contributed by atoms with van der Waals surface area (Å²) in [5.74, 6) is -0.834. The van der Waals surface area contributed by atoms with Crippen LogP contribution in [0.15, 0.2) is 60.7 Å². The van der Waals surface area contributed by atoms with Crippen LogP contribution in [0.1, 0.15) is 21.5 Å². The number of carboxylic acid groups (broad SMARTS) is 1. The first kappa shape index (κ1) is 28.3. The number of amidine groups is 1. The number of hydrogen-bond donors (Lipinski definition) is 5. The van der Waals surface area contributed by atoms with Gasteiger partial charge in [0.1, 0.15) is 12.4 Å². The Kier molecular flexibility index (Phi) is 9.92. The van der Waals surface area contributed by atoms with Gasteiger partial charge in [0.05, 0.1) is 5.56 Å². The average Bonchev–Trinajstić information content (AvgIpc) is 2.87. The Morgan fingerprint density at radius 1 is 1.08 bits per heavy atom. The number of nitrogens with zero attached hydrogens (tertiary/aromatic N) is 1. The standard InChI is InChI=1S/C27H30ClN5O5/c1-33(2)12-13-37-23-5-3-4-18(25(23)38-16-24(34)35)15-31-22-11-8-19(28)14-21(22)27(36)32-20-9-6-17(7-10-20)26(29)30/h3-11,14,31H,12-13,15-16H2,1-2H3,(H3,29,30)(H,32,36)(H,34,35). The Hall–Kier alpha value is -4.28. The summed E-state index contributed by atoms with van der Waals surface area (Å²) in [4.78, 5) is 26.2. The summed E-state index contributed by atoms with van der Waals surface area (Å²) in [5.41, 5.74) is 8.02. The van der Waals surface area contributed by atoms with Crippen LogP contribution in [0.5, 0.6) is 11.5 Å². The minimum absolute atomic E-state index is 0.0666. The van der Waals surface area contributed by atoms with E-state index < -0.39 is 18.5 Å². The van der Waals surface area contributed by atoms with E-state index in [1.807, 2.05) is 19.0 Å². The van der Waals surface area contributed by atoms with Crippen molar-refractivity contribution in [1.82, 2.24) is 4.90 Å². The van der Waals surface area contributed by atoms with Crippen molar-refractivity contribution in [3.63, 3.8) is 0 Å². The van der Waals surface area contributed by atoms with Crippen molar-refractivity contribution in [2.24, 2.45) is 5.73 Å². The zero-order valence-electron chi connectivity index (χ0n) is 21.1. The molecule has 0 heterocycles. The SMILES string of the molecule is CN(C)CCOc1cccc(CNc2ccc(Cl)cc2C(=O)Nc2ccc(C(=N)N)cc2)c1OCC(=O)O. The molecule has 0 aliphatic rings. The number of halogens is 1. The summed E-state index contributed by atoms with van der Waals surface area (Å²) in [6, 6.07) is 16.8. The van der Waals surface area contributed by atoms with Gasteiger partial charge in [0.15, 0.2) is 18.1 Å². The summed E-state index contributed by atoms with van der Waals surface area (Å²) >= 11 is 6.18. The smallest absolute Gasteiger partial charge is 0.341 e. The highest BCUT2D eigenvalue weighted by Gasteiger charge is 2.16. The molecule has 0 bridgehead atoms. The first-order chi connectivity index (χ1) is 18.1. The molecular formula is C27H30ClN5O5. The Bertz CT molecular complexity index is 1300. The van der Waals surface area contributed by atoms with E-state index in [2.05, 4.69) is 10.6 Å². The zero-order chi connectivity index (χ0) is 27.7. The Labute approximate surface area is 225 Å². The molecule has 6 N–H and O–H groups in total. The van der Waals surface area contributed by atoms with Gasteiger partial charge in [0.2, 0.25) is 0 Å². The molecule has 0 saturated carbocycles. The van der Waals surface area contributed by atoms with E-state index >= 15 is 0 Å². The number of rotatable bonds is 13. The second-order valence-electron chi connectivity index (χ2n) is 8.57. The van der Waals surface area contributed by atoms with Crippen molar-refractivity contribution < 1.29 is 24.2 Å². The number of ether oxygens (including phenoxy) is 2. The molecular weight excluding hydrogens is 510 g/mol. The van der Waals surface area contributed by atoms with Crippen LogP contribution in [-0.4, -0.2) is 61.6 Å². The first-order valence-corrected chi connectivity index (χ1v) is 12.0. The third-order valence-electron chi connectivity index (χ3n) is 5.35. The summed E-state index contributed by atoms with van der Waals surface area (Å²) in [6.07, 6.45) is 0. The van der Waals surface area contributed by atoms with Crippen LogP contribution in [0.3, 0.4) is 0 Å². The van der Waals surface area contributed by atoms with Gasteiger partial charge in [0.25, 0.3) is 5.91 Å². The first-order valence-electron chi connectivity index (χ1n) is 11.7. The molecule has 3 rings (SSSR count). The number of amides is 1. The van der Waals surface area contributed by atoms with Crippen LogP contribution in [-0.2, 0) is 11.3 Å². The number of aliphatic carboxylic acids is 1. The fourth-order valence-electron chi connectivity index (χ4n) is 3.43. The quantitative estimate of drug-likeness (QED) is 0.162. The van der Waals surface area contributed by atoms with Gasteiger partial charge in [-0.25, -0.2) is 4.79 Å². The number of likely N-dealkylation sites (N-methyl/N-ethyl adjacent to an activating group) is 1. The normalized spacial score (nSPS) is 10.6. The minimum Gasteiger partial charge on any atom is -0.488 e. The zero-order valence-corrected chi connectivity index (χ0v) is 21.8. The van der Waals surface area contributed by atoms with E-state index in [1.165, 1.54) is 0 Å². The average molecular weight is 540 g/mol. The molecule has 0 atom stereocenters. The number of anilines is 2. The summed E-state index contributed by atoms with van der Waals surface area (Å²) in [6.45, 7) is 0.747. The molecule has 0 spiro atoms. The van der Waals surface area contributed by atoms with E-state index in [9.17, 15) is 9.59 Å². The van der Waals surface area contributed by atoms with Crippen molar-refractivity contribution in [2.45, 2.75) is 6.54 Å². The summed E-state index contributed by atoms with van der Waals surface area (Å²) in [7, 11) is 3.85. The molecule has 0 radical (unpaired) electrons. The fourth-order valence-corrected chi connectivity index (χ4v) is 3.60. The van der Waals surface area contributed by atoms with Crippen LogP contribution in [0.25, 0.3) is 0 Å². The molecule has 3 aromatic rings. The molecule has 0 saturated heterocycles. The van der Waals surface area contributed by atoms with E-state index in [1.54, 1.807) is 60.7 Å². The number of nitrogen functional groups attached to an aromatic ring is 1. The molecule has 0 fully saturated rings. The molecule has 1 amide bonds. The largest absolute Gasteiger partial charge is 0.488 e. The molecule has 11 heteroatoms. The molecule has 0 aliphatic carbocycles. The highest BCUT2D eigenvalue weighted by molar-refractivity contribution is 6.31. The number of benzene rings is 3. The van der Waals surface area contributed by atoms with E-state index in [0.717, 1.165) is 0 Å². The highest BCUT2D eigenvalue weighted by atomic mass is 35.5. The van der Waals surface area contributed by atoms with Gasteiger partial charge in [-0.3, -0.25) is 10.2 Å². The minimum atomic E-state index is -1.11. The maximum atomic E-state index is 13.1. The molecule has 38 heavy (non-hydrogen) atoms. The number of carboxylic acids is 1. The second-order valence-corrected chi connectivity index (χ2v) is 9.00. The van der Waals surface area contributed by atoms with Crippen LogP contribution >= 0.6 is 11.6 Å². The number of carbonyl (C=O) groups is 2. The molecule has 0 unspecified atom stereocenters. The summed E-state index contributed by atoms with van der Waals surface area (Å²) < 4.78 is 11.4. The number of para-hydroxylation sites is 1. The third kappa shape index (κ3) is 8.12. The van der Waals surface area contributed by atoms with Crippen LogP contribution in [0.4, 0.5) is 11.4 Å². The van der Waals surface area contributed by atoms with Crippen LogP contribution < -0.4 is 25.8 Å². The van der Waals surface area contributed by atoms with E-state index in [-0.39, 0.29) is 12.4 Å². The highest BCUT2D eigenvalue weighted by Crippen LogP contribution is 2.33. The summed E-state index contributed by atoms with van der Waals surface area (Å²) in [5, 5.41) is 23.1. The maximum Gasteiger partial charge on any atom is 0.341 e. The Morgan fingerprint density at radius 3 is 2.47 bits per heavy atom. The van der Waals surface area contributed by atoms with Gasteiger partial charge in [-0.05, 0) is 62.6 Å². The van der Waals surface area contributed by atoms with Crippen molar-refractivity contribution in [3.05, 3.63) is 82.4 Å². The lowest BCUT2D eigenvalue weighted by molar-refractivity contribution is -0.139. The Morgan fingerprint density at radius 2 is 1.82 bits per heavy atom. The number of hydrogen-bond acceptors (Lipinski definition) is 7. The van der Waals surface area contributed by atoms with Crippen molar-refractivity contribution in [3.8, 4) is 11.5 Å². The molecule has 3 aromatic carbocycles. The van der Waals surface area contributed by atoms with E-state index in [0.29, 0.717) is 57.7 Å². The van der Waals surface area contributed by atoms with Gasteiger partial charge in [-0.2, -0.15) is 0 Å². The van der Waals surface area contributed by atoms with Crippen molar-refractivity contribution in [1.29, 1.82) is 5.41 Å². The van der Waals surface area contributed by atoms with Gasteiger partial charge < -0.3 is 35.8 Å². The van der Waals surface area contributed by atoms with Gasteiger partial charge in [-0.15, -0.1) is 0 Å². The van der Waals surface area contributed by atoms with Gasteiger partial charge >= 0.3 is 5.97 Å². The monoisotopic (exact) mass is 539 g/mol. The lowest BCUT2D eigenvalue weighted by atomic mass is 10.1.